The van der Waals surface area contributed by atoms with E-state index in [9.17, 15) is 4.39 Å². The molecular formula is C23H25FN4O. The minimum absolute atomic E-state index is 0.239. The Morgan fingerprint density at radius 1 is 1.14 bits per heavy atom. The molecular weight excluding hydrogens is 367 g/mol. The number of allylic oxidation sites excluding steroid dienone is 6. The molecule has 0 spiro atoms. The van der Waals surface area contributed by atoms with Crippen molar-refractivity contribution in [3.05, 3.63) is 71.3 Å². The number of aryl methyl sites for hydroxylation is 1. The molecule has 29 heavy (non-hydrogen) atoms. The second kappa shape index (κ2) is 8.57. The highest BCUT2D eigenvalue weighted by Crippen LogP contribution is 2.35. The molecule has 0 radical (unpaired) electrons. The molecule has 4 rings (SSSR count). The lowest BCUT2D eigenvalue weighted by Crippen LogP contribution is -2.36. The average Bonchev–Trinajstić information content (AvgIpc) is 2.96. The molecule has 2 aromatic heterocycles. The third-order valence-corrected chi connectivity index (χ3v) is 5.29. The van der Waals surface area contributed by atoms with Crippen LogP contribution in [0.15, 0.2) is 54.5 Å². The Kier molecular flexibility index (Phi) is 5.71. The van der Waals surface area contributed by atoms with Gasteiger partial charge in [-0.2, -0.15) is 0 Å². The molecule has 150 valence electrons. The van der Waals surface area contributed by atoms with Crippen LogP contribution in [0.4, 0.5) is 16.0 Å². The second-order valence-corrected chi connectivity index (χ2v) is 7.11. The summed E-state index contributed by atoms with van der Waals surface area (Å²) in [4.78, 5) is 11.4. The highest BCUT2D eigenvalue weighted by molar-refractivity contribution is 5.97. The van der Waals surface area contributed by atoms with Gasteiger partial charge in [-0.05, 0) is 66.0 Å². The maximum Gasteiger partial charge on any atom is 0.128 e. The van der Waals surface area contributed by atoms with Crippen LogP contribution in [-0.4, -0.2) is 36.3 Å². The van der Waals surface area contributed by atoms with Gasteiger partial charge in [0.25, 0.3) is 0 Å². The van der Waals surface area contributed by atoms with Gasteiger partial charge >= 0.3 is 0 Å². The van der Waals surface area contributed by atoms with E-state index in [4.69, 9.17) is 10.5 Å². The molecule has 0 bridgehead atoms. The summed E-state index contributed by atoms with van der Waals surface area (Å²) < 4.78 is 19.5. The number of anilines is 2. The number of morpholine rings is 1. The number of nitrogens with zero attached hydrogens (tertiary/aromatic N) is 3. The zero-order valence-electron chi connectivity index (χ0n) is 16.6. The summed E-state index contributed by atoms with van der Waals surface area (Å²) in [7, 11) is 0. The van der Waals surface area contributed by atoms with Crippen LogP contribution in [0.1, 0.15) is 30.2 Å². The number of pyridine rings is 2. The van der Waals surface area contributed by atoms with E-state index >= 15 is 0 Å². The van der Waals surface area contributed by atoms with E-state index in [1.54, 1.807) is 12.1 Å². The van der Waals surface area contributed by atoms with Crippen LogP contribution in [0, 0.1) is 0 Å². The minimum Gasteiger partial charge on any atom is -0.384 e. The molecule has 0 aromatic carbocycles. The van der Waals surface area contributed by atoms with Crippen LogP contribution in [0.25, 0.3) is 11.1 Å². The van der Waals surface area contributed by atoms with Gasteiger partial charge in [0.15, 0.2) is 0 Å². The van der Waals surface area contributed by atoms with Gasteiger partial charge in [-0.15, -0.1) is 0 Å². The Labute approximate surface area is 170 Å². The molecule has 0 atom stereocenters. The molecule has 1 saturated heterocycles. The van der Waals surface area contributed by atoms with Gasteiger partial charge in [0.05, 0.1) is 18.9 Å². The van der Waals surface area contributed by atoms with Gasteiger partial charge < -0.3 is 15.4 Å². The Morgan fingerprint density at radius 3 is 2.69 bits per heavy atom. The molecule has 2 aromatic rings. The van der Waals surface area contributed by atoms with E-state index in [1.807, 2.05) is 31.3 Å². The van der Waals surface area contributed by atoms with E-state index < -0.39 is 0 Å². The van der Waals surface area contributed by atoms with E-state index in [1.165, 1.54) is 6.08 Å². The molecule has 0 amide bonds. The molecule has 2 N–H and O–H groups in total. The van der Waals surface area contributed by atoms with E-state index in [0.717, 1.165) is 66.5 Å². The van der Waals surface area contributed by atoms with Gasteiger partial charge in [0, 0.05) is 24.8 Å². The number of hydrogen-bond donors (Lipinski definition) is 1. The first-order valence-corrected chi connectivity index (χ1v) is 9.97. The van der Waals surface area contributed by atoms with Crippen molar-refractivity contribution in [2.75, 3.05) is 36.9 Å². The fourth-order valence-electron chi connectivity index (χ4n) is 3.74. The lowest BCUT2D eigenvalue weighted by atomic mass is 9.92. The van der Waals surface area contributed by atoms with Crippen molar-refractivity contribution in [3.8, 4) is 0 Å². The van der Waals surface area contributed by atoms with Gasteiger partial charge in [0.2, 0.25) is 0 Å². The molecule has 3 heterocycles. The molecule has 1 aliphatic heterocycles. The van der Waals surface area contributed by atoms with Crippen LogP contribution < -0.4 is 10.6 Å². The first-order valence-electron chi connectivity index (χ1n) is 9.97. The maximum atomic E-state index is 14.1. The third-order valence-electron chi connectivity index (χ3n) is 5.29. The number of nitrogen functional groups attached to an aromatic ring is 1. The van der Waals surface area contributed by atoms with Gasteiger partial charge in [-0.25, -0.2) is 14.4 Å². The number of halogens is 1. The van der Waals surface area contributed by atoms with Crippen molar-refractivity contribution in [2.24, 2.45) is 0 Å². The fraction of sp³-hybridized carbons (Fsp3) is 0.304. The van der Waals surface area contributed by atoms with Gasteiger partial charge in [-0.1, -0.05) is 13.0 Å². The molecule has 6 heteroatoms. The first kappa shape index (κ1) is 19.3. The monoisotopic (exact) mass is 392 g/mol. The summed E-state index contributed by atoms with van der Waals surface area (Å²) in [6, 6.07) is 7.86. The largest absolute Gasteiger partial charge is 0.384 e. The summed E-state index contributed by atoms with van der Waals surface area (Å²) in [6.45, 7) is 5.17. The topological polar surface area (TPSA) is 64.3 Å². The quantitative estimate of drug-likeness (QED) is 0.846. The minimum atomic E-state index is -0.239. The van der Waals surface area contributed by atoms with Crippen LogP contribution in [0.5, 0.6) is 0 Å². The lowest BCUT2D eigenvalue weighted by molar-refractivity contribution is 0.122. The molecule has 1 fully saturated rings. The summed E-state index contributed by atoms with van der Waals surface area (Å²) in [5.74, 6) is 1.19. The second-order valence-electron chi connectivity index (χ2n) is 7.11. The van der Waals surface area contributed by atoms with Crippen molar-refractivity contribution in [2.45, 2.75) is 19.8 Å². The number of nitrogens with two attached hydrogens (primary N) is 1. The lowest BCUT2D eigenvalue weighted by Gasteiger charge is -2.27. The van der Waals surface area contributed by atoms with Crippen molar-refractivity contribution >= 4 is 22.8 Å². The van der Waals surface area contributed by atoms with Crippen LogP contribution in [-0.2, 0) is 11.2 Å². The van der Waals surface area contributed by atoms with Crippen LogP contribution in [0.2, 0.25) is 0 Å². The number of aromatic nitrogens is 2. The summed E-state index contributed by atoms with van der Waals surface area (Å²) in [6.07, 6.45) is 8.05. The van der Waals surface area contributed by atoms with E-state index in [2.05, 4.69) is 20.9 Å². The fourth-order valence-corrected chi connectivity index (χ4v) is 3.74. The van der Waals surface area contributed by atoms with Crippen molar-refractivity contribution < 1.29 is 9.13 Å². The third kappa shape index (κ3) is 4.22. The van der Waals surface area contributed by atoms with E-state index in [0.29, 0.717) is 12.2 Å². The zero-order valence-corrected chi connectivity index (χ0v) is 16.6. The normalized spacial score (nSPS) is 17.3. The standard InChI is InChI=1S/C23H25FN4O/c1-2-21-20(8-9-22(25)27-21)19-7-5-17(24)4-6-18(19)16-3-10-23(26-15-16)28-11-13-29-14-12-28/h3-5,7-10,15H,2,6,11-14H2,1H3,(H2,25,27). The van der Waals surface area contributed by atoms with Crippen LogP contribution >= 0.6 is 0 Å². The van der Waals surface area contributed by atoms with Crippen molar-refractivity contribution in [1.82, 2.24) is 9.97 Å². The van der Waals surface area contributed by atoms with Gasteiger partial charge in [-0.3, -0.25) is 0 Å². The number of ether oxygens (including phenoxy) is 1. The Morgan fingerprint density at radius 2 is 1.97 bits per heavy atom. The highest BCUT2D eigenvalue weighted by atomic mass is 19.1. The molecule has 1 aliphatic carbocycles. The molecule has 5 nitrogen and oxygen atoms in total. The predicted molar refractivity (Wildman–Crippen MR) is 115 cm³/mol. The van der Waals surface area contributed by atoms with Crippen molar-refractivity contribution in [1.29, 1.82) is 0 Å². The first-order chi connectivity index (χ1) is 14.2. The summed E-state index contributed by atoms with van der Waals surface area (Å²) >= 11 is 0. The molecule has 2 aliphatic rings. The average molecular weight is 392 g/mol. The smallest absolute Gasteiger partial charge is 0.128 e. The highest BCUT2D eigenvalue weighted by Gasteiger charge is 2.17. The maximum absolute atomic E-state index is 14.1. The van der Waals surface area contributed by atoms with E-state index in [-0.39, 0.29) is 5.83 Å². The zero-order chi connectivity index (χ0) is 20.2. The SMILES string of the molecule is CCc1nc(N)ccc1C1=C(c2ccc(N3CCOCC3)nc2)CC=C(F)C=C1. The number of hydrogen-bond acceptors (Lipinski definition) is 5. The Balaban J connectivity index is 1.76. The Hall–Kier alpha value is -2.99. The molecule has 0 saturated carbocycles. The number of rotatable bonds is 4. The predicted octanol–water partition coefficient (Wildman–Crippen LogP) is 4.18. The van der Waals surface area contributed by atoms with Gasteiger partial charge in [0.1, 0.15) is 17.5 Å². The summed E-state index contributed by atoms with van der Waals surface area (Å²) in [5, 5.41) is 0. The van der Waals surface area contributed by atoms with Crippen LogP contribution in [0.3, 0.4) is 0 Å². The Bertz CT molecular complexity index is 973. The van der Waals surface area contributed by atoms with Crippen molar-refractivity contribution in [3.63, 3.8) is 0 Å². The molecule has 0 unspecified atom stereocenters. The summed E-state index contributed by atoms with van der Waals surface area (Å²) in [5.41, 5.74) is 10.7.